The molecular weight excluding hydrogens is 278 g/mol. The van der Waals surface area contributed by atoms with Crippen molar-refractivity contribution in [1.82, 2.24) is 4.90 Å². The lowest BCUT2D eigenvalue weighted by Gasteiger charge is -2.21. The Kier molecular flexibility index (Phi) is 5.21. The average molecular weight is 299 g/mol. The topological polar surface area (TPSA) is 57.6 Å². The molecule has 4 heteroatoms. The Balaban J connectivity index is 2.07. The average Bonchev–Trinajstić information content (AvgIpc) is 2.72. The molecule has 4 nitrogen and oxygen atoms in total. The smallest absolute Gasteiger partial charge is 0.303 e. The number of likely N-dealkylation sites (tertiary alicyclic amines) is 1. The van der Waals surface area contributed by atoms with Crippen LogP contribution in [0.15, 0.2) is 18.2 Å². The molecule has 1 amide bonds. The van der Waals surface area contributed by atoms with Crippen LogP contribution in [0.3, 0.4) is 0 Å². The summed E-state index contributed by atoms with van der Waals surface area (Å²) in [5, 5.41) is 8.89. The number of carboxylic acid groups (broad SMARTS) is 1. The van der Waals surface area contributed by atoms with Gasteiger partial charge in [-0.3, -0.25) is 9.59 Å². The minimum absolute atomic E-state index is 0.0209. The van der Waals surface area contributed by atoms with E-state index in [1.807, 2.05) is 17.9 Å². The number of nitrogens with zero attached hydrogens (tertiary/aromatic N) is 1. The maximum atomic E-state index is 12.6. The summed E-state index contributed by atoms with van der Waals surface area (Å²) in [6, 6.07) is 5.43. The number of aryl methyl sites for hydroxylation is 1. The van der Waals surface area contributed by atoms with Gasteiger partial charge < -0.3 is 10.0 Å². The number of benzene rings is 1. The highest BCUT2D eigenvalue weighted by molar-refractivity contribution is 5.94. The first-order valence-electron chi connectivity index (χ1n) is 7.59. The van der Waals surface area contributed by atoms with Gasteiger partial charge in [0.1, 0.15) is 0 Å². The standard InChI is InChI=1S/C18H21NO3/c1-3-15-12-16(7-6-13(15)2)18(22)19-9-4-5-14(8-10-19)11-17(20)21/h1,6-7,12,14H,4-5,8-11H2,2H3,(H,20,21). The molecule has 22 heavy (non-hydrogen) atoms. The van der Waals surface area contributed by atoms with Crippen molar-refractivity contribution in [3.8, 4) is 12.3 Å². The largest absolute Gasteiger partial charge is 0.481 e. The number of carbonyl (C=O) groups excluding carboxylic acids is 1. The Bertz CT molecular complexity index is 615. The maximum absolute atomic E-state index is 12.6. The van der Waals surface area contributed by atoms with Gasteiger partial charge in [0.15, 0.2) is 0 Å². The highest BCUT2D eigenvalue weighted by Crippen LogP contribution is 2.22. The molecule has 1 unspecified atom stereocenters. The van der Waals surface area contributed by atoms with Gasteiger partial charge in [-0.2, -0.15) is 0 Å². The van der Waals surface area contributed by atoms with Crippen LogP contribution in [0.4, 0.5) is 0 Å². The van der Waals surface area contributed by atoms with Crippen LogP contribution in [0.25, 0.3) is 0 Å². The molecule has 1 heterocycles. The summed E-state index contributed by atoms with van der Waals surface area (Å²) in [4.78, 5) is 25.2. The second-order valence-electron chi connectivity index (χ2n) is 5.86. The second kappa shape index (κ2) is 7.13. The normalized spacial score (nSPS) is 18.4. The third-order valence-electron chi connectivity index (χ3n) is 4.24. The van der Waals surface area contributed by atoms with Gasteiger partial charge in [-0.15, -0.1) is 6.42 Å². The minimum Gasteiger partial charge on any atom is -0.481 e. The molecule has 2 rings (SSSR count). The van der Waals surface area contributed by atoms with Crippen LogP contribution >= 0.6 is 0 Å². The Morgan fingerprint density at radius 2 is 2.14 bits per heavy atom. The first kappa shape index (κ1) is 16.1. The summed E-state index contributed by atoms with van der Waals surface area (Å²) in [5.41, 5.74) is 2.33. The third kappa shape index (κ3) is 3.88. The summed E-state index contributed by atoms with van der Waals surface area (Å²) in [5.74, 6) is 1.98. The molecule has 0 aromatic heterocycles. The number of rotatable bonds is 3. The van der Waals surface area contributed by atoms with Gasteiger partial charge in [-0.05, 0) is 49.8 Å². The first-order valence-corrected chi connectivity index (χ1v) is 7.59. The van der Waals surface area contributed by atoms with Crippen molar-refractivity contribution in [3.05, 3.63) is 34.9 Å². The Labute approximate surface area is 131 Å². The first-order chi connectivity index (χ1) is 10.5. The van der Waals surface area contributed by atoms with Crippen molar-refractivity contribution in [2.24, 2.45) is 5.92 Å². The zero-order chi connectivity index (χ0) is 16.1. The van der Waals surface area contributed by atoms with Gasteiger partial charge in [0.2, 0.25) is 0 Å². The summed E-state index contributed by atoms with van der Waals surface area (Å²) >= 11 is 0. The fraction of sp³-hybridized carbons (Fsp3) is 0.444. The number of carboxylic acids is 1. The van der Waals surface area contributed by atoms with Crippen molar-refractivity contribution in [2.75, 3.05) is 13.1 Å². The second-order valence-corrected chi connectivity index (χ2v) is 5.86. The molecule has 1 atom stereocenters. The molecule has 0 aliphatic carbocycles. The monoisotopic (exact) mass is 299 g/mol. The third-order valence-corrected chi connectivity index (χ3v) is 4.24. The summed E-state index contributed by atoms with van der Waals surface area (Å²) in [6.07, 6.45) is 8.09. The lowest BCUT2D eigenvalue weighted by atomic mass is 9.97. The van der Waals surface area contributed by atoms with E-state index < -0.39 is 5.97 Å². The molecule has 1 aliphatic rings. The number of terminal acetylenes is 1. The lowest BCUT2D eigenvalue weighted by molar-refractivity contribution is -0.138. The van der Waals surface area contributed by atoms with Crippen molar-refractivity contribution in [3.63, 3.8) is 0 Å². The number of hydrogen-bond acceptors (Lipinski definition) is 2. The minimum atomic E-state index is -0.762. The van der Waals surface area contributed by atoms with Crippen molar-refractivity contribution in [1.29, 1.82) is 0 Å². The van der Waals surface area contributed by atoms with E-state index in [2.05, 4.69) is 5.92 Å². The predicted octanol–water partition coefficient (Wildman–Crippen LogP) is 2.69. The fourth-order valence-corrected chi connectivity index (χ4v) is 2.91. The van der Waals surface area contributed by atoms with E-state index in [9.17, 15) is 9.59 Å². The number of hydrogen-bond donors (Lipinski definition) is 1. The Hall–Kier alpha value is -2.28. The highest BCUT2D eigenvalue weighted by Gasteiger charge is 2.23. The van der Waals surface area contributed by atoms with E-state index in [0.29, 0.717) is 18.7 Å². The summed E-state index contributed by atoms with van der Waals surface area (Å²) in [7, 11) is 0. The van der Waals surface area contributed by atoms with Crippen LogP contribution in [0.5, 0.6) is 0 Å². The highest BCUT2D eigenvalue weighted by atomic mass is 16.4. The van der Waals surface area contributed by atoms with Gasteiger partial charge in [0, 0.05) is 30.6 Å². The van der Waals surface area contributed by atoms with Crippen molar-refractivity contribution in [2.45, 2.75) is 32.6 Å². The van der Waals surface area contributed by atoms with Crippen LogP contribution in [-0.4, -0.2) is 35.0 Å². The maximum Gasteiger partial charge on any atom is 0.303 e. The van der Waals surface area contributed by atoms with Gasteiger partial charge >= 0.3 is 5.97 Å². The number of aliphatic carboxylic acids is 1. The van der Waals surface area contributed by atoms with E-state index in [1.165, 1.54) is 0 Å². The van der Waals surface area contributed by atoms with Crippen molar-refractivity contribution >= 4 is 11.9 Å². The van der Waals surface area contributed by atoms with Crippen LogP contribution < -0.4 is 0 Å². The van der Waals surface area contributed by atoms with Gasteiger partial charge in [-0.1, -0.05) is 12.0 Å². The molecular formula is C18H21NO3. The van der Waals surface area contributed by atoms with Gasteiger partial charge in [0.05, 0.1) is 0 Å². The molecule has 1 fully saturated rings. The molecule has 1 aromatic carbocycles. The number of carbonyl (C=O) groups is 2. The molecule has 1 N–H and O–H groups in total. The molecule has 0 saturated carbocycles. The van der Waals surface area contributed by atoms with E-state index in [0.717, 1.165) is 30.4 Å². The lowest BCUT2D eigenvalue weighted by Crippen LogP contribution is -2.32. The SMILES string of the molecule is C#Cc1cc(C(=O)N2CCCC(CC(=O)O)CC2)ccc1C. The summed E-state index contributed by atoms with van der Waals surface area (Å²) in [6.45, 7) is 3.20. The van der Waals surface area contributed by atoms with E-state index in [-0.39, 0.29) is 18.2 Å². The van der Waals surface area contributed by atoms with Crippen LogP contribution in [0, 0.1) is 25.2 Å². The van der Waals surface area contributed by atoms with Crippen molar-refractivity contribution < 1.29 is 14.7 Å². The zero-order valence-corrected chi connectivity index (χ0v) is 12.8. The van der Waals surface area contributed by atoms with Crippen LogP contribution in [0.2, 0.25) is 0 Å². The zero-order valence-electron chi connectivity index (χ0n) is 12.8. The molecule has 0 bridgehead atoms. The summed E-state index contributed by atoms with van der Waals surface area (Å²) < 4.78 is 0. The van der Waals surface area contributed by atoms with E-state index in [1.54, 1.807) is 12.1 Å². The predicted molar refractivity (Wildman–Crippen MR) is 84.6 cm³/mol. The Morgan fingerprint density at radius 3 is 2.82 bits per heavy atom. The van der Waals surface area contributed by atoms with Crippen LogP contribution in [-0.2, 0) is 4.79 Å². The van der Waals surface area contributed by atoms with Gasteiger partial charge in [0.25, 0.3) is 5.91 Å². The molecule has 1 aromatic rings. The quantitative estimate of drug-likeness (QED) is 0.873. The van der Waals surface area contributed by atoms with Crippen LogP contribution in [0.1, 0.15) is 47.2 Å². The fourth-order valence-electron chi connectivity index (χ4n) is 2.91. The molecule has 1 saturated heterocycles. The van der Waals surface area contributed by atoms with E-state index >= 15 is 0 Å². The molecule has 1 aliphatic heterocycles. The van der Waals surface area contributed by atoms with Gasteiger partial charge in [-0.25, -0.2) is 0 Å². The van der Waals surface area contributed by atoms with E-state index in [4.69, 9.17) is 11.5 Å². The Morgan fingerprint density at radius 1 is 1.36 bits per heavy atom. The molecule has 0 spiro atoms. The molecule has 0 radical (unpaired) electrons. The number of amides is 1. The molecule has 116 valence electrons.